The van der Waals surface area contributed by atoms with E-state index in [1.54, 1.807) is 6.92 Å². The van der Waals surface area contributed by atoms with Crippen molar-refractivity contribution in [2.75, 3.05) is 19.8 Å². The first-order valence-corrected chi connectivity index (χ1v) is 24.7. The van der Waals surface area contributed by atoms with Crippen LogP contribution >= 0.6 is 0 Å². The van der Waals surface area contributed by atoms with Crippen molar-refractivity contribution in [2.24, 2.45) is 56.7 Å². The second-order valence-electron chi connectivity index (χ2n) is 22.8. The number of hydrogen-bond donors (Lipinski definition) is 13. The topological polar surface area (TPSA) is 353 Å². The lowest BCUT2D eigenvalue weighted by Crippen LogP contribution is -2.71. The molecule has 0 amide bonds. The maximum Gasteiger partial charge on any atom is 0.314 e. The third kappa shape index (κ3) is 8.07. The smallest absolute Gasteiger partial charge is 0.314 e. The Hall–Kier alpha value is -2.00. The van der Waals surface area contributed by atoms with Crippen molar-refractivity contribution in [1.29, 1.82) is 0 Å². The van der Waals surface area contributed by atoms with Crippen molar-refractivity contribution >= 4 is 11.9 Å². The Balaban J connectivity index is 0.992. The number of esters is 1. The van der Waals surface area contributed by atoms with Crippen LogP contribution in [0.5, 0.6) is 0 Å². The molecule has 69 heavy (non-hydrogen) atoms. The fourth-order valence-electron chi connectivity index (χ4n) is 15.8. The first-order valence-electron chi connectivity index (χ1n) is 24.7. The van der Waals surface area contributed by atoms with E-state index in [-0.39, 0.29) is 37.2 Å². The van der Waals surface area contributed by atoms with Gasteiger partial charge in [0.2, 0.25) is 6.29 Å². The lowest BCUT2D eigenvalue weighted by molar-refractivity contribution is -0.361. The van der Waals surface area contributed by atoms with Crippen LogP contribution in [0.4, 0.5) is 0 Å². The summed E-state index contributed by atoms with van der Waals surface area (Å²) in [6.45, 7) is 11.9. The van der Waals surface area contributed by atoms with E-state index in [4.69, 9.17) is 28.4 Å². The summed E-state index contributed by atoms with van der Waals surface area (Å²) in [7, 11) is 0. The Morgan fingerprint density at radius 3 is 1.97 bits per heavy atom. The Labute approximate surface area is 400 Å². The standard InChI is InChI=1S/C48H76O21/c1-19(16-49)21-7-12-48(14-13-45(4)22(28(21)48)15-23(51)38-44(3)10-9-27(52)47(6,42(61)62)26(44)8-11-46(38,45)5)43(63)69-41-35(59)32(56)30(54)25(67-41)18-64-39-36(60)33(57)37(24(17-50)66-39)68-40-34(58)31(55)29(53)20(2)65-40/h20-41,49-60H,1,7-18H2,2-6H3,(H,61,62)/t20-,21-,22+,23+,24+,25+,26+,27+,28+,29-,30+,31+,32-,33+,34+,35+,36+,37+,38+,39+,40-,41-,44-,45+,46+,47-,48-/m0/s1. The minimum atomic E-state index is -1.94. The summed E-state index contributed by atoms with van der Waals surface area (Å²) in [6, 6.07) is 0. The van der Waals surface area contributed by atoms with Gasteiger partial charge in [-0.3, -0.25) is 9.59 Å². The van der Waals surface area contributed by atoms with E-state index < -0.39 is 168 Å². The average molecular weight is 989 g/mol. The number of aliphatic hydroxyl groups excluding tert-OH is 12. The number of fused-ring (bicyclic) bond motifs is 7. The Morgan fingerprint density at radius 1 is 0.681 bits per heavy atom. The van der Waals surface area contributed by atoms with Crippen LogP contribution in [0.15, 0.2) is 12.2 Å². The monoisotopic (exact) mass is 988 g/mol. The van der Waals surface area contributed by atoms with Crippen LogP contribution in [0.3, 0.4) is 0 Å². The summed E-state index contributed by atoms with van der Waals surface area (Å²) in [4.78, 5) is 27.9. The van der Waals surface area contributed by atoms with Crippen LogP contribution in [0.2, 0.25) is 0 Å². The number of carbonyl (C=O) groups is 2. The molecule has 5 saturated carbocycles. The summed E-state index contributed by atoms with van der Waals surface area (Å²) in [5.74, 6) is -3.73. The van der Waals surface area contributed by atoms with Crippen molar-refractivity contribution in [1.82, 2.24) is 0 Å². The Kier molecular flexibility index (Phi) is 14.7. The molecule has 0 aromatic heterocycles. The SMILES string of the molecule is C=C(CO)[C@@H]1CC[C@]2(C(=O)O[C@@H]3O[C@H](CO[C@@H]4O[C@H](CO)[C@@H](O[C@@H]5O[C@@H](C)[C@H](O)[C@@H](O)[C@H]5O)[C@H](O)[C@H]4O)[C@@H](O)[C@H](O)[C@H]3O)CC[C@]3(C)[C@H](C[C@@H](O)[C@@H]4[C@@]5(C)CC[C@@H](O)[C@@](C)(C(=O)O)[C@@H]5CC[C@]43C)[C@@H]12. The second-order valence-corrected chi connectivity index (χ2v) is 22.8. The number of carboxylic acids is 1. The molecule has 5 aliphatic carbocycles. The number of rotatable bonds is 11. The van der Waals surface area contributed by atoms with Crippen molar-refractivity contribution in [3.63, 3.8) is 0 Å². The molecule has 8 fully saturated rings. The molecule has 0 spiro atoms. The van der Waals surface area contributed by atoms with Gasteiger partial charge in [0.1, 0.15) is 67.1 Å². The maximum atomic E-state index is 15.0. The number of hydrogen-bond acceptors (Lipinski definition) is 20. The van der Waals surface area contributed by atoms with Crippen LogP contribution in [-0.2, 0) is 38.0 Å². The van der Waals surface area contributed by atoms with Crippen LogP contribution in [0.25, 0.3) is 0 Å². The molecule has 0 aromatic rings. The average Bonchev–Trinajstić information content (AvgIpc) is 3.72. The first-order chi connectivity index (χ1) is 32.3. The number of carboxylic acid groups (broad SMARTS) is 1. The van der Waals surface area contributed by atoms with Crippen LogP contribution in [0, 0.1) is 56.7 Å². The fourth-order valence-corrected chi connectivity index (χ4v) is 15.8. The van der Waals surface area contributed by atoms with Crippen LogP contribution in [-0.4, -0.2) is 202 Å². The van der Waals surface area contributed by atoms with Gasteiger partial charge in [0.25, 0.3) is 0 Å². The normalized spacial score (nSPS) is 55.1. The highest BCUT2D eigenvalue weighted by molar-refractivity contribution is 5.79. The largest absolute Gasteiger partial charge is 0.481 e. The van der Waals surface area contributed by atoms with E-state index >= 15 is 4.79 Å². The molecule has 8 rings (SSSR count). The van der Waals surface area contributed by atoms with E-state index in [0.717, 1.165) is 0 Å². The van der Waals surface area contributed by atoms with Gasteiger partial charge in [-0.25, -0.2) is 0 Å². The molecule has 0 radical (unpaired) electrons. The van der Waals surface area contributed by atoms with Crippen LogP contribution < -0.4 is 0 Å². The fraction of sp³-hybridized carbons (Fsp3) is 0.917. The van der Waals surface area contributed by atoms with E-state index in [0.29, 0.717) is 50.5 Å². The van der Waals surface area contributed by atoms with Crippen molar-refractivity contribution in [2.45, 2.75) is 197 Å². The minimum Gasteiger partial charge on any atom is -0.481 e. The highest BCUT2D eigenvalue weighted by atomic mass is 16.8. The van der Waals surface area contributed by atoms with E-state index in [9.17, 15) is 71.2 Å². The summed E-state index contributed by atoms with van der Waals surface area (Å²) in [5, 5.41) is 141. The second kappa shape index (κ2) is 19.0. The van der Waals surface area contributed by atoms with Gasteiger partial charge in [0.15, 0.2) is 12.6 Å². The lowest BCUT2D eigenvalue weighted by atomic mass is 9.31. The zero-order chi connectivity index (χ0) is 50.7. The molecule has 0 unspecified atom stereocenters. The van der Waals surface area contributed by atoms with Gasteiger partial charge in [-0.2, -0.15) is 0 Å². The molecule has 3 saturated heterocycles. The summed E-state index contributed by atoms with van der Waals surface area (Å²) < 4.78 is 34.5. The van der Waals surface area contributed by atoms with Gasteiger partial charge >= 0.3 is 11.9 Å². The predicted molar refractivity (Wildman–Crippen MR) is 233 cm³/mol. The van der Waals surface area contributed by atoms with Crippen molar-refractivity contribution in [3.8, 4) is 0 Å². The van der Waals surface area contributed by atoms with Crippen LogP contribution in [0.1, 0.15) is 92.4 Å². The third-order valence-electron chi connectivity index (χ3n) is 19.8. The number of aliphatic carboxylic acids is 1. The third-order valence-corrected chi connectivity index (χ3v) is 19.8. The Morgan fingerprint density at radius 2 is 1.32 bits per heavy atom. The van der Waals surface area contributed by atoms with Gasteiger partial charge in [-0.05, 0) is 123 Å². The van der Waals surface area contributed by atoms with Crippen molar-refractivity contribution in [3.05, 3.63) is 12.2 Å². The zero-order valence-electron chi connectivity index (χ0n) is 40.0. The molecule has 8 aliphatic rings. The van der Waals surface area contributed by atoms with E-state index in [1.165, 1.54) is 6.92 Å². The summed E-state index contributed by atoms with van der Waals surface area (Å²) in [6.07, 6.45) is -23.3. The zero-order valence-corrected chi connectivity index (χ0v) is 40.0. The van der Waals surface area contributed by atoms with E-state index in [1.807, 2.05) is 0 Å². The summed E-state index contributed by atoms with van der Waals surface area (Å²) in [5.41, 5.74) is -3.80. The quantitative estimate of drug-likeness (QED) is 0.0789. The minimum absolute atomic E-state index is 0.268. The molecule has 394 valence electrons. The molecule has 27 atom stereocenters. The molecule has 0 bridgehead atoms. The molecule has 0 aromatic carbocycles. The molecule has 13 N–H and O–H groups in total. The van der Waals surface area contributed by atoms with Gasteiger partial charge < -0.3 is 94.8 Å². The predicted octanol–water partition coefficient (Wildman–Crippen LogP) is -1.97. The number of ether oxygens (including phenoxy) is 6. The van der Waals surface area contributed by atoms with Gasteiger partial charge in [-0.1, -0.05) is 27.4 Å². The highest BCUT2D eigenvalue weighted by Crippen LogP contribution is 2.77. The molecule has 3 heterocycles. The number of carbonyl (C=O) groups excluding carboxylic acids is 1. The molecule has 21 nitrogen and oxygen atoms in total. The van der Waals surface area contributed by atoms with Gasteiger partial charge in [-0.15, -0.1) is 0 Å². The lowest BCUT2D eigenvalue weighted by Gasteiger charge is -2.73. The van der Waals surface area contributed by atoms with Gasteiger partial charge in [0, 0.05) is 0 Å². The Bertz CT molecular complexity index is 1910. The molecular weight excluding hydrogens is 913 g/mol. The number of aliphatic hydroxyl groups is 12. The van der Waals surface area contributed by atoms with Gasteiger partial charge in [0.05, 0.1) is 49.0 Å². The molecule has 21 heteroatoms. The summed E-state index contributed by atoms with van der Waals surface area (Å²) >= 11 is 0. The highest BCUT2D eigenvalue weighted by Gasteiger charge is 2.75. The van der Waals surface area contributed by atoms with Crippen molar-refractivity contribution < 1.29 is 104 Å². The van der Waals surface area contributed by atoms with E-state index in [2.05, 4.69) is 27.4 Å². The molecular formula is C48H76O21. The maximum absolute atomic E-state index is 15.0. The first kappa shape index (κ1) is 53.3. The molecule has 3 aliphatic heterocycles.